The van der Waals surface area contributed by atoms with Gasteiger partial charge < -0.3 is 4.98 Å². The number of imidazole rings is 1. The van der Waals surface area contributed by atoms with Gasteiger partial charge in [-0.15, -0.1) is 0 Å². The smallest absolute Gasteiger partial charge is 0.0919 e. The van der Waals surface area contributed by atoms with Crippen molar-refractivity contribution in [3.8, 4) is 0 Å². The molecule has 0 saturated carbocycles. The number of H-pyrrole nitrogens is 1. The number of nitrogens with zero attached hydrogens (tertiary/aromatic N) is 1. The lowest BCUT2D eigenvalue weighted by molar-refractivity contribution is 0.538. The fourth-order valence-corrected chi connectivity index (χ4v) is 2.90. The summed E-state index contributed by atoms with van der Waals surface area (Å²) in [6.45, 7) is 2.29. The Hall–Kier alpha value is -0.310. The molecule has 0 bridgehead atoms. The minimum Gasteiger partial charge on any atom is -0.351 e. The summed E-state index contributed by atoms with van der Waals surface area (Å²) in [7, 11) is 0. The van der Waals surface area contributed by atoms with E-state index in [-0.39, 0.29) is 0 Å². The SMILES string of the molecule is CCCCCCCCCCCCCCCCBr.c1c[nH]cn1. The molecule has 130 valence electrons. The average molecular weight is 373 g/mol. The summed E-state index contributed by atoms with van der Waals surface area (Å²) >= 11 is 3.48. The van der Waals surface area contributed by atoms with E-state index in [1.807, 2.05) is 0 Å². The molecule has 1 aromatic heterocycles. The zero-order chi connectivity index (χ0) is 16.1. The highest BCUT2D eigenvalue weighted by molar-refractivity contribution is 9.09. The summed E-state index contributed by atoms with van der Waals surface area (Å²) < 4.78 is 0. The van der Waals surface area contributed by atoms with Crippen molar-refractivity contribution in [2.45, 2.75) is 96.8 Å². The zero-order valence-electron chi connectivity index (χ0n) is 14.7. The number of rotatable bonds is 14. The lowest BCUT2D eigenvalue weighted by atomic mass is 10.0. The van der Waals surface area contributed by atoms with Crippen molar-refractivity contribution in [1.29, 1.82) is 0 Å². The summed E-state index contributed by atoms with van der Waals surface area (Å²) in [5, 5.41) is 1.19. The van der Waals surface area contributed by atoms with Gasteiger partial charge in [-0.2, -0.15) is 0 Å². The third-order valence-electron chi connectivity index (χ3n) is 3.89. The van der Waals surface area contributed by atoms with Crippen LogP contribution in [0.3, 0.4) is 0 Å². The molecule has 22 heavy (non-hydrogen) atoms. The molecule has 0 amide bonds. The average Bonchev–Trinajstić information content (AvgIpc) is 3.12. The van der Waals surface area contributed by atoms with Crippen LogP contribution >= 0.6 is 15.9 Å². The minimum absolute atomic E-state index is 1.19. The Morgan fingerprint density at radius 1 is 0.727 bits per heavy atom. The van der Waals surface area contributed by atoms with Crippen molar-refractivity contribution in [3.05, 3.63) is 18.7 Å². The van der Waals surface area contributed by atoms with Crippen molar-refractivity contribution in [1.82, 2.24) is 9.97 Å². The highest BCUT2D eigenvalue weighted by Gasteiger charge is 1.93. The van der Waals surface area contributed by atoms with E-state index in [1.165, 1.54) is 95.2 Å². The molecule has 1 aromatic rings. The summed E-state index contributed by atoms with van der Waals surface area (Å²) in [5.41, 5.74) is 0. The first-order chi connectivity index (χ1) is 10.9. The van der Waals surface area contributed by atoms with Gasteiger partial charge in [0.1, 0.15) is 0 Å². The van der Waals surface area contributed by atoms with E-state index >= 15 is 0 Å². The molecule has 0 aliphatic heterocycles. The van der Waals surface area contributed by atoms with Crippen LogP contribution in [0.2, 0.25) is 0 Å². The Balaban J connectivity index is 0.000000734. The Labute approximate surface area is 147 Å². The molecular formula is C19H37BrN2. The number of aromatic nitrogens is 2. The van der Waals surface area contributed by atoms with Gasteiger partial charge in [0.05, 0.1) is 6.33 Å². The number of unbranched alkanes of at least 4 members (excludes halogenated alkanes) is 13. The first-order valence-electron chi connectivity index (χ1n) is 9.40. The molecular weight excluding hydrogens is 336 g/mol. The Kier molecular flexibility index (Phi) is 20.4. The standard InChI is InChI=1S/C16H33Br.C3H4N2/c1-2-3-4-5-6-7-8-9-10-11-12-13-14-15-16-17;1-2-5-3-4-1/h2-16H2,1H3;1-3H,(H,4,5). The molecule has 0 saturated heterocycles. The maximum atomic E-state index is 3.67. The molecule has 0 aliphatic carbocycles. The number of alkyl halides is 1. The van der Waals surface area contributed by atoms with Gasteiger partial charge in [0.25, 0.3) is 0 Å². The van der Waals surface area contributed by atoms with Crippen LogP contribution in [0, 0.1) is 0 Å². The maximum absolute atomic E-state index is 3.67. The Morgan fingerprint density at radius 2 is 1.18 bits per heavy atom. The van der Waals surface area contributed by atoms with Crippen molar-refractivity contribution in [3.63, 3.8) is 0 Å². The van der Waals surface area contributed by atoms with E-state index in [9.17, 15) is 0 Å². The molecule has 0 unspecified atom stereocenters. The van der Waals surface area contributed by atoms with Gasteiger partial charge in [0.2, 0.25) is 0 Å². The molecule has 0 radical (unpaired) electrons. The van der Waals surface area contributed by atoms with Gasteiger partial charge in [-0.25, -0.2) is 4.98 Å². The summed E-state index contributed by atoms with van der Waals surface area (Å²) in [6, 6.07) is 0. The van der Waals surface area contributed by atoms with Gasteiger partial charge in [-0.05, 0) is 6.42 Å². The molecule has 0 aliphatic rings. The second-order valence-corrected chi connectivity index (χ2v) is 6.84. The van der Waals surface area contributed by atoms with Crippen LogP contribution in [0.5, 0.6) is 0 Å². The van der Waals surface area contributed by atoms with E-state index in [2.05, 4.69) is 32.8 Å². The molecule has 3 heteroatoms. The third kappa shape index (κ3) is 19.7. The monoisotopic (exact) mass is 372 g/mol. The molecule has 0 atom stereocenters. The number of halogens is 1. The van der Waals surface area contributed by atoms with Gasteiger partial charge >= 0.3 is 0 Å². The summed E-state index contributed by atoms with van der Waals surface area (Å²) in [6.07, 6.45) is 25.4. The van der Waals surface area contributed by atoms with Crippen molar-refractivity contribution < 1.29 is 0 Å². The van der Waals surface area contributed by atoms with Gasteiger partial charge in [-0.1, -0.05) is 106 Å². The third-order valence-corrected chi connectivity index (χ3v) is 4.45. The highest BCUT2D eigenvalue weighted by atomic mass is 79.9. The van der Waals surface area contributed by atoms with Crippen LogP contribution in [0.1, 0.15) is 96.8 Å². The summed E-state index contributed by atoms with van der Waals surface area (Å²) in [4.78, 5) is 6.42. The fraction of sp³-hybridized carbons (Fsp3) is 0.842. The first-order valence-corrected chi connectivity index (χ1v) is 10.5. The van der Waals surface area contributed by atoms with Crippen LogP contribution in [-0.2, 0) is 0 Å². The topological polar surface area (TPSA) is 28.7 Å². The molecule has 1 rings (SSSR count). The van der Waals surface area contributed by atoms with E-state index in [0.29, 0.717) is 0 Å². The normalized spacial score (nSPS) is 10.3. The molecule has 0 aromatic carbocycles. The second kappa shape index (κ2) is 20.7. The van der Waals surface area contributed by atoms with Gasteiger partial charge in [0, 0.05) is 17.7 Å². The predicted octanol–water partition coefficient (Wildman–Crippen LogP) is 7.27. The fourth-order valence-electron chi connectivity index (χ4n) is 2.50. The molecule has 1 heterocycles. The number of hydrogen-bond acceptors (Lipinski definition) is 1. The Bertz CT molecular complexity index is 231. The van der Waals surface area contributed by atoms with Crippen molar-refractivity contribution in [2.75, 3.05) is 5.33 Å². The van der Waals surface area contributed by atoms with E-state index in [4.69, 9.17) is 0 Å². The molecule has 2 nitrogen and oxygen atoms in total. The molecule has 1 N–H and O–H groups in total. The van der Waals surface area contributed by atoms with E-state index in [0.717, 1.165) is 0 Å². The van der Waals surface area contributed by atoms with Gasteiger partial charge in [-0.3, -0.25) is 0 Å². The minimum atomic E-state index is 1.19. The number of nitrogens with one attached hydrogen (secondary N) is 1. The largest absolute Gasteiger partial charge is 0.351 e. The zero-order valence-corrected chi connectivity index (χ0v) is 16.2. The van der Waals surface area contributed by atoms with Crippen LogP contribution in [-0.4, -0.2) is 15.3 Å². The highest BCUT2D eigenvalue weighted by Crippen LogP contribution is 2.12. The van der Waals surface area contributed by atoms with Crippen molar-refractivity contribution >= 4 is 15.9 Å². The molecule has 0 spiro atoms. The Morgan fingerprint density at radius 3 is 1.45 bits per heavy atom. The lowest BCUT2D eigenvalue weighted by Gasteiger charge is -2.02. The van der Waals surface area contributed by atoms with Crippen LogP contribution in [0.15, 0.2) is 18.7 Å². The van der Waals surface area contributed by atoms with Crippen molar-refractivity contribution in [2.24, 2.45) is 0 Å². The first kappa shape index (κ1) is 21.7. The van der Waals surface area contributed by atoms with Crippen LogP contribution in [0.4, 0.5) is 0 Å². The van der Waals surface area contributed by atoms with Crippen LogP contribution < -0.4 is 0 Å². The molecule has 0 fully saturated rings. The quantitative estimate of drug-likeness (QED) is 0.269. The van der Waals surface area contributed by atoms with E-state index in [1.54, 1.807) is 18.7 Å². The summed E-state index contributed by atoms with van der Waals surface area (Å²) in [5.74, 6) is 0. The lowest BCUT2D eigenvalue weighted by Crippen LogP contribution is -1.83. The van der Waals surface area contributed by atoms with E-state index < -0.39 is 0 Å². The van der Waals surface area contributed by atoms with Crippen LogP contribution in [0.25, 0.3) is 0 Å². The second-order valence-electron chi connectivity index (χ2n) is 6.05. The number of aromatic amines is 1. The maximum Gasteiger partial charge on any atom is 0.0919 e. The van der Waals surface area contributed by atoms with Gasteiger partial charge in [0.15, 0.2) is 0 Å². The predicted molar refractivity (Wildman–Crippen MR) is 103 cm³/mol. The number of hydrogen-bond donors (Lipinski definition) is 1.